The number of nitrogens with zero attached hydrogens (tertiary/aromatic N) is 4. The largest absolute Gasteiger partial charge is 0.221 e. The Morgan fingerprint density at radius 2 is 2.12 bits per heavy atom. The summed E-state index contributed by atoms with van der Waals surface area (Å²) in [5.41, 5.74) is 0. The van der Waals surface area contributed by atoms with Gasteiger partial charge in [-0.1, -0.05) is 25.4 Å². The van der Waals surface area contributed by atoms with E-state index in [1.54, 1.807) is 16.9 Å². The van der Waals surface area contributed by atoms with Gasteiger partial charge >= 0.3 is 0 Å². The second-order valence-electron chi connectivity index (χ2n) is 3.66. The van der Waals surface area contributed by atoms with Crippen molar-refractivity contribution in [1.29, 1.82) is 0 Å². The average molecular weight is 349 g/mol. The third kappa shape index (κ3) is 2.52. The van der Waals surface area contributed by atoms with Crippen molar-refractivity contribution in [2.24, 2.45) is 0 Å². The molecular weight excluding hydrogens is 338 g/mol. The van der Waals surface area contributed by atoms with E-state index in [1.165, 1.54) is 0 Å². The smallest absolute Gasteiger partial charge is 0.158 e. The third-order valence-electron chi connectivity index (χ3n) is 2.00. The number of halogens is 2. The van der Waals surface area contributed by atoms with Gasteiger partial charge in [-0.15, -0.1) is 0 Å². The number of hydrogen-bond acceptors (Lipinski definition) is 3. The predicted octanol–water partition coefficient (Wildman–Crippen LogP) is 3.04. The maximum absolute atomic E-state index is 5.96. The Balaban J connectivity index is 2.49. The summed E-state index contributed by atoms with van der Waals surface area (Å²) in [4.78, 5) is 8.60. The summed E-state index contributed by atoms with van der Waals surface area (Å²) in [6.45, 7) is 4.06. The molecule has 0 aliphatic heterocycles. The summed E-state index contributed by atoms with van der Waals surface area (Å²) in [5.74, 6) is 1.67. The summed E-state index contributed by atoms with van der Waals surface area (Å²) < 4.78 is 2.75. The second-order valence-corrected chi connectivity index (χ2v) is 5.30. The summed E-state index contributed by atoms with van der Waals surface area (Å²) in [7, 11) is 0. The van der Waals surface area contributed by atoms with Gasteiger partial charge in [0.25, 0.3) is 0 Å². The molecule has 0 N–H and O–H groups in total. The molecule has 0 fully saturated rings. The van der Waals surface area contributed by atoms with Crippen LogP contribution in [-0.4, -0.2) is 19.7 Å². The first-order chi connectivity index (χ1) is 7.56. The molecule has 0 spiro atoms. The van der Waals surface area contributed by atoms with Crippen molar-refractivity contribution in [3.8, 4) is 5.82 Å². The SMILES string of the molecule is CC(C)c1nc(Cl)cc(-n2cc(I)cn2)n1. The zero-order valence-electron chi connectivity index (χ0n) is 8.85. The van der Waals surface area contributed by atoms with Crippen molar-refractivity contribution in [1.82, 2.24) is 19.7 Å². The lowest BCUT2D eigenvalue weighted by Crippen LogP contribution is -2.04. The van der Waals surface area contributed by atoms with Crippen LogP contribution in [-0.2, 0) is 0 Å². The third-order valence-corrected chi connectivity index (χ3v) is 2.75. The van der Waals surface area contributed by atoms with E-state index in [2.05, 4.69) is 37.7 Å². The van der Waals surface area contributed by atoms with Gasteiger partial charge in [0.15, 0.2) is 5.82 Å². The topological polar surface area (TPSA) is 43.6 Å². The molecule has 0 saturated carbocycles. The maximum atomic E-state index is 5.96. The van der Waals surface area contributed by atoms with Crippen LogP contribution in [0.3, 0.4) is 0 Å². The molecular formula is C10H10ClIN4. The molecule has 2 aromatic heterocycles. The van der Waals surface area contributed by atoms with Gasteiger partial charge in [-0.3, -0.25) is 0 Å². The fraction of sp³-hybridized carbons (Fsp3) is 0.300. The Hall–Kier alpha value is -0.690. The van der Waals surface area contributed by atoms with Crippen LogP contribution in [0.25, 0.3) is 5.82 Å². The van der Waals surface area contributed by atoms with Crippen molar-refractivity contribution < 1.29 is 0 Å². The van der Waals surface area contributed by atoms with Gasteiger partial charge in [0.05, 0.1) is 9.77 Å². The van der Waals surface area contributed by atoms with E-state index in [9.17, 15) is 0 Å². The van der Waals surface area contributed by atoms with E-state index in [0.29, 0.717) is 11.0 Å². The predicted molar refractivity (Wildman–Crippen MR) is 71.0 cm³/mol. The standard InChI is InChI=1S/C10H10ClIN4/c1-6(2)10-14-8(11)3-9(15-10)16-5-7(12)4-13-16/h3-6H,1-2H3. The highest BCUT2D eigenvalue weighted by molar-refractivity contribution is 14.1. The molecule has 2 rings (SSSR count). The zero-order chi connectivity index (χ0) is 11.7. The van der Waals surface area contributed by atoms with Crippen molar-refractivity contribution in [3.63, 3.8) is 0 Å². The van der Waals surface area contributed by atoms with E-state index in [0.717, 1.165) is 9.39 Å². The number of hydrogen-bond donors (Lipinski definition) is 0. The van der Waals surface area contributed by atoms with Crippen LogP contribution in [0.4, 0.5) is 0 Å². The number of rotatable bonds is 2. The molecule has 0 unspecified atom stereocenters. The van der Waals surface area contributed by atoms with Crippen LogP contribution >= 0.6 is 34.2 Å². The highest BCUT2D eigenvalue weighted by atomic mass is 127. The van der Waals surface area contributed by atoms with Gasteiger partial charge in [0.2, 0.25) is 0 Å². The normalized spacial score (nSPS) is 11.1. The Morgan fingerprint density at radius 1 is 1.38 bits per heavy atom. The lowest BCUT2D eigenvalue weighted by molar-refractivity contribution is 0.745. The minimum atomic E-state index is 0.243. The van der Waals surface area contributed by atoms with Crippen LogP contribution in [0.2, 0.25) is 5.15 Å². The molecule has 0 aromatic carbocycles. The summed E-state index contributed by atoms with van der Waals surface area (Å²) in [5, 5.41) is 4.63. The van der Waals surface area contributed by atoms with Gasteiger partial charge in [-0.2, -0.15) is 5.10 Å². The van der Waals surface area contributed by atoms with Crippen LogP contribution in [0.5, 0.6) is 0 Å². The first kappa shape index (κ1) is 11.8. The van der Waals surface area contributed by atoms with E-state index in [-0.39, 0.29) is 5.92 Å². The minimum Gasteiger partial charge on any atom is -0.221 e. The molecule has 0 aliphatic carbocycles. The fourth-order valence-corrected chi connectivity index (χ4v) is 1.80. The average Bonchev–Trinajstić information content (AvgIpc) is 2.64. The quantitative estimate of drug-likeness (QED) is 0.619. The Kier molecular flexibility index (Phi) is 3.44. The van der Waals surface area contributed by atoms with Gasteiger partial charge in [0.1, 0.15) is 11.0 Å². The Bertz CT molecular complexity index is 509. The molecule has 84 valence electrons. The van der Waals surface area contributed by atoms with Crippen molar-refractivity contribution >= 4 is 34.2 Å². The zero-order valence-corrected chi connectivity index (χ0v) is 11.8. The van der Waals surface area contributed by atoms with Gasteiger partial charge in [0, 0.05) is 18.2 Å². The van der Waals surface area contributed by atoms with Crippen molar-refractivity contribution in [3.05, 3.63) is 33.0 Å². The van der Waals surface area contributed by atoms with Crippen LogP contribution in [0.15, 0.2) is 18.5 Å². The van der Waals surface area contributed by atoms with Gasteiger partial charge < -0.3 is 0 Å². The lowest BCUT2D eigenvalue weighted by Gasteiger charge is -2.06. The Labute approximate surface area is 112 Å². The summed E-state index contributed by atoms with van der Waals surface area (Å²) in [6.07, 6.45) is 3.66. The molecule has 0 saturated heterocycles. The maximum Gasteiger partial charge on any atom is 0.158 e. The summed E-state index contributed by atoms with van der Waals surface area (Å²) in [6, 6.07) is 1.70. The van der Waals surface area contributed by atoms with E-state index < -0.39 is 0 Å². The highest BCUT2D eigenvalue weighted by Gasteiger charge is 2.08. The second kappa shape index (κ2) is 4.67. The molecule has 16 heavy (non-hydrogen) atoms. The molecule has 0 radical (unpaired) electrons. The van der Waals surface area contributed by atoms with Crippen LogP contribution in [0, 0.1) is 3.57 Å². The van der Waals surface area contributed by atoms with Gasteiger partial charge in [-0.25, -0.2) is 14.6 Å². The molecule has 4 nitrogen and oxygen atoms in total. The summed E-state index contributed by atoms with van der Waals surface area (Å²) >= 11 is 8.16. The van der Waals surface area contributed by atoms with Crippen molar-refractivity contribution in [2.45, 2.75) is 19.8 Å². The molecule has 0 aliphatic rings. The molecule has 2 heterocycles. The molecule has 0 atom stereocenters. The monoisotopic (exact) mass is 348 g/mol. The molecule has 0 bridgehead atoms. The van der Waals surface area contributed by atoms with E-state index >= 15 is 0 Å². The van der Waals surface area contributed by atoms with E-state index in [4.69, 9.17) is 11.6 Å². The molecule has 2 aromatic rings. The van der Waals surface area contributed by atoms with Crippen LogP contribution < -0.4 is 0 Å². The lowest BCUT2D eigenvalue weighted by atomic mass is 10.2. The fourth-order valence-electron chi connectivity index (χ4n) is 1.22. The number of aromatic nitrogens is 4. The van der Waals surface area contributed by atoms with E-state index in [1.807, 2.05) is 20.0 Å². The van der Waals surface area contributed by atoms with Gasteiger partial charge in [-0.05, 0) is 22.6 Å². The molecule has 0 amide bonds. The highest BCUT2D eigenvalue weighted by Crippen LogP contribution is 2.16. The Morgan fingerprint density at radius 3 is 2.69 bits per heavy atom. The van der Waals surface area contributed by atoms with Crippen LogP contribution in [0.1, 0.15) is 25.6 Å². The first-order valence-corrected chi connectivity index (χ1v) is 6.27. The molecule has 6 heteroatoms. The minimum absolute atomic E-state index is 0.243. The first-order valence-electron chi connectivity index (χ1n) is 4.81. The van der Waals surface area contributed by atoms with Crippen molar-refractivity contribution in [2.75, 3.05) is 0 Å².